The third kappa shape index (κ3) is 4.53. The Balaban J connectivity index is 1.28. The Labute approximate surface area is 195 Å². The summed E-state index contributed by atoms with van der Waals surface area (Å²) in [7, 11) is 1.75. The molecule has 0 unspecified atom stereocenters. The van der Waals surface area contributed by atoms with Crippen molar-refractivity contribution in [1.82, 2.24) is 29.3 Å². The van der Waals surface area contributed by atoms with E-state index in [1.165, 1.54) is 0 Å². The van der Waals surface area contributed by atoms with Crippen LogP contribution in [0.15, 0.2) is 85.5 Å². The monoisotopic (exact) mass is 451 g/mol. The summed E-state index contributed by atoms with van der Waals surface area (Å²) in [5.74, 6) is 1.99. The molecule has 0 aliphatic carbocycles. The van der Waals surface area contributed by atoms with Gasteiger partial charge in [-0.3, -0.25) is 14.0 Å². The van der Waals surface area contributed by atoms with Crippen molar-refractivity contribution in [3.05, 3.63) is 97.0 Å². The number of carbonyl (C=O) groups is 1. The number of nitrogens with zero attached hydrogens (tertiary/aromatic N) is 6. The van der Waals surface area contributed by atoms with Crippen molar-refractivity contribution in [3.63, 3.8) is 0 Å². The highest BCUT2D eigenvalue weighted by Crippen LogP contribution is 2.24. The van der Waals surface area contributed by atoms with Crippen LogP contribution in [0.4, 0.5) is 5.69 Å². The summed E-state index contributed by atoms with van der Waals surface area (Å²) in [6.07, 6.45) is 5.14. The highest BCUT2D eigenvalue weighted by atomic mass is 16.5. The van der Waals surface area contributed by atoms with E-state index in [-0.39, 0.29) is 5.91 Å². The fourth-order valence-corrected chi connectivity index (χ4v) is 3.46. The second-order valence-corrected chi connectivity index (χ2v) is 7.57. The first-order valence-corrected chi connectivity index (χ1v) is 10.6. The van der Waals surface area contributed by atoms with Gasteiger partial charge in [-0.15, -0.1) is 0 Å². The molecule has 0 atom stereocenters. The van der Waals surface area contributed by atoms with Crippen LogP contribution < -0.4 is 10.1 Å². The van der Waals surface area contributed by atoms with Gasteiger partial charge in [0.25, 0.3) is 5.91 Å². The highest BCUT2D eigenvalue weighted by Gasteiger charge is 2.15. The number of hydrogen-bond donors (Lipinski definition) is 1. The van der Waals surface area contributed by atoms with E-state index < -0.39 is 0 Å². The lowest BCUT2D eigenvalue weighted by atomic mass is 10.1. The van der Waals surface area contributed by atoms with E-state index in [2.05, 4.69) is 25.4 Å². The normalized spacial score (nSPS) is 10.8. The Morgan fingerprint density at radius 1 is 1.00 bits per heavy atom. The molecule has 34 heavy (non-hydrogen) atoms. The van der Waals surface area contributed by atoms with Crippen molar-refractivity contribution in [3.8, 4) is 28.7 Å². The van der Waals surface area contributed by atoms with Crippen LogP contribution in [0.5, 0.6) is 11.6 Å². The Hall–Kier alpha value is -4.79. The van der Waals surface area contributed by atoms with Crippen LogP contribution in [0.1, 0.15) is 16.3 Å². The van der Waals surface area contributed by atoms with Crippen molar-refractivity contribution >= 4 is 11.6 Å². The third-order valence-corrected chi connectivity index (χ3v) is 5.09. The number of imidazole rings is 1. The van der Waals surface area contributed by atoms with Gasteiger partial charge in [0.05, 0.1) is 5.69 Å². The number of nitrogens with one attached hydrogen (secondary N) is 1. The molecule has 1 N–H and O–H groups in total. The Kier molecular flexibility index (Phi) is 5.57. The van der Waals surface area contributed by atoms with Crippen molar-refractivity contribution in [2.45, 2.75) is 6.92 Å². The van der Waals surface area contributed by atoms with Crippen molar-refractivity contribution in [2.24, 2.45) is 7.05 Å². The number of ether oxygens (including phenoxy) is 1. The van der Waals surface area contributed by atoms with E-state index in [0.29, 0.717) is 34.7 Å². The van der Waals surface area contributed by atoms with Gasteiger partial charge in [-0.05, 0) is 37.3 Å². The molecule has 5 aromatic rings. The molecule has 0 saturated carbocycles. The number of carbonyl (C=O) groups excluding carboxylic acids is 1. The van der Waals surface area contributed by atoms with Crippen molar-refractivity contribution in [1.29, 1.82) is 0 Å². The van der Waals surface area contributed by atoms with Crippen LogP contribution in [0.2, 0.25) is 0 Å². The topological polar surface area (TPSA) is 99.8 Å². The standard InChI is InChI=1S/C25H21N7O2/c1-17-27-23(32-13-12-26-16-32)15-24(28-17)34-20-10-8-19(9-11-20)29-25(33)22-14-21(30-31(22)2)18-6-4-3-5-7-18/h3-16H,1-2H3,(H,29,33). The Morgan fingerprint density at radius 2 is 1.79 bits per heavy atom. The lowest BCUT2D eigenvalue weighted by Gasteiger charge is -2.09. The summed E-state index contributed by atoms with van der Waals surface area (Å²) in [6.45, 7) is 1.80. The van der Waals surface area contributed by atoms with E-state index in [1.54, 1.807) is 78.3 Å². The van der Waals surface area contributed by atoms with E-state index in [0.717, 1.165) is 11.3 Å². The smallest absolute Gasteiger partial charge is 0.273 e. The molecular formula is C25H21N7O2. The molecule has 168 valence electrons. The molecule has 0 bridgehead atoms. The molecule has 9 nitrogen and oxygen atoms in total. The minimum atomic E-state index is -0.248. The van der Waals surface area contributed by atoms with Crippen LogP contribution in [-0.2, 0) is 7.05 Å². The van der Waals surface area contributed by atoms with Crippen LogP contribution in [0, 0.1) is 6.92 Å². The number of aryl methyl sites for hydroxylation is 2. The number of hydrogen-bond acceptors (Lipinski definition) is 6. The molecule has 3 aromatic heterocycles. The summed E-state index contributed by atoms with van der Waals surface area (Å²) >= 11 is 0. The first-order valence-electron chi connectivity index (χ1n) is 10.6. The lowest BCUT2D eigenvalue weighted by Crippen LogP contribution is -2.15. The molecule has 1 amide bonds. The largest absolute Gasteiger partial charge is 0.439 e. The van der Waals surface area contributed by atoms with E-state index in [4.69, 9.17) is 4.74 Å². The van der Waals surface area contributed by atoms with Gasteiger partial charge in [0.1, 0.15) is 29.4 Å². The summed E-state index contributed by atoms with van der Waals surface area (Å²) in [4.78, 5) is 25.6. The van der Waals surface area contributed by atoms with Crippen molar-refractivity contribution in [2.75, 3.05) is 5.32 Å². The van der Waals surface area contributed by atoms with Gasteiger partial charge >= 0.3 is 0 Å². The SMILES string of the molecule is Cc1nc(Oc2ccc(NC(=O)c3cc(-c4ccccc4)nn3C)cc2)cc(-n2ccnc2)n1. The summed E-state index contributed by atoms with van der Waals surface area (Å²) in [6, 6.07) is 20.3. The molecule has 9 heteroatoms. The first-order chi connectivity index (χ1) is 16.5. The number of benzene rings is 2. The number of rotatable bonds is 6. The maximum absolute atomic E-state index is 12.8. The maximum Gasteiger partial charge on any atom is 0.273 e. The predicted octanol–water partition coefficient (Wildman–Crippen LogP) is 4.42. The van der Waals surface area contributed by atoms with Gasteiger partial charge in [0.2, 0.25) is 5.88 Å². The minimum Gasteiger partial charge on any atom is -0.439 e. The molecule has 2 aromatic carbocycles. The second-order valence-electron chi connectivity index (χ2n) is 7.57. The molecule has 0 spiro atoms. The van der Waals surface area contributed by atoms with Crippen molar-refractivity contribution < 1.29 is 9.53 Å². The molecule has 0 fully saturated rings. The molecule has 0 radical (unpaired) electrons. The zero-order chi connectivity index (χ0) is 23.5. The van der Waals surface area contributed by atoms with Crippen LogP contribution in [0.25, 0.3) is 17.1 Å². The highest BCUT2D eigenvalue weighted by molar-refractivity contribution is 6.03. The number of aromatic nitrogens is 6. The summed E-state index contributed by atoms with van der Waals surface area (Å²) in [5.41, 5.74) is 2.79. The number of amides is 1. The van der Waals surface area contributed by atoms with E-state index in [1.807, 2.05) is 30.3 Å². The van der Waals surface area contributed by atoms with Crippen LogP contribution in [-0.4, -0.2) is 35.2 Å². The summed E-state index contributed by atoms with van der Waals surface area (Å²) < 4.78 is 9.26. The Morgan fingerprint density at radius 3 is 2.53 bits per heavy atom. The van der Waals surface area contributed by atoms with Gasteiger partial charge < -0.3 is 10.1 Å². The summed E-state index contributed by atoms with van der Waals surface area (Å²) in [5, 5.41) is 7.36. The zero-order valence-electron chi connectivity index (χ0n) is 18.6. The minimum absolute atomic E-state index is 0.248. The van der Waals surface area contributed by atoms with Gasteiger partial charge in [0.15, 0.2) is 0 Å². The zero-order valence-corrected chi connectivity index (χ0v) is 18.6. The molecule has 0 saturated heterocycles. The average molecular weight is 451 g/mol. The van der Waals surface area contributed by atoms with Crippen LogP contribution in [0.3, 0.4) is 0 Å². The molecular weight excluding hydrogens is 430 g/mol. The fraction of sp³-hybridized carbons (Fsp3) is 0.0800. The molecule has 0 aliphatic heterocycles. The average Bonchev–Trinajstić information content (AvgIpc) is 3.51. The number of anilines is 1. The van der Waals surface area contributed by atoms with E-state index >= 15 is 0 Å². The van der Waals surface area contributed by atoms with E-state index in [9.17, 15) is 4.79 Å². The first kappa shape index (κ1) is 21.1. The van der Waals surface area contributed by atoms with Gasteiger partial charge in [-0.25, -0.2) is 9.97 Å². The third-order valence-electron chi connectivity index (χ3n) is 5.09. The second kappa shape index (κ2) is 8.99. The quantitative estimate of drug-likeness (QED) is 0.410. The molecule has 3 heterocycles. The Bertz CT molecular complexity index is 1430. The lowest BCUT2D eigenvalue weighted by molar-refractivity contribution is 0.101. The molecule has 0 aliphatic rings. The molecule has 5 rings (SSSR count). The maximum atomic E-state index is 12.8. The fourth-order valence-electron chi connectivity index (χ4n) is 3.46. The van der Waals surface area contributed by atoms with Gasteiger partial charge in [-0.2, -0.15) is 10.1 Å². The van der Waals surface area contributed by atoms with Gasteiger partial charge in [0, 0.05) is 36.8 Å². The van der Waals surface area contributed by atoms with Crippen LogP contribution >= 0.6 is 0 Å². The van der Waals surface area contributed by atoms with Gasteiger partial charge in [-0.1, -0.05) is 30.3 Å². The predicted molar refractivity (Wildman–Crippen MR) is 127 cm³/mol.